The Labute approximate surface area is 113 Å². The second-order valence-corrected chi connectivity index (χ2v) is 4.52. The fraction of sp³-hybridized carbons (Fsp3) is 0.250. The highest BCUT2D eigenvalue weighted by molar-refractivity contribution is 5.91. The molecule has 1 aromatic carbocycles. The number of aromatic nitrogens is 1. The first-order valence-corrected chi connectivity index (χ1v) is 6.47. The first-order valence-electron chi connectivity index (χ1n) is 6.47. The summed E-state index contributed by atoms with van der Waals surface area (Å²) in [6, 6.07) is 12.1. The fourth-order valence-corrected chi connectivity index (χ4v) is 1.84. The number of hydrogen-bond donors (Lipinski definition) is 1. The second kappa shape index (κ2) is 6.14. The number of ketones is 1. The zero-order valence-electron chi connectivity index (χ0n) is 11.3. The van der Waals surface area contributed by atoms with Gasteiger partial charge >= 0.3 is 0 Å². The summed E-state index contributed by atoms with van der Waals surface area (Å²) >= 11 is 0. The van der Waals surface area contributed by atoms with E-state index in [9.17, 15) is 4.79 Å². The Morgan fingerprint density at radius 3 is 2.68 bits per heavy atom. The predicted octanol–water partition coefficient (Wildman–Crippen LogP) is 3.46. The number of rotatable bonds is 5. The maximum absolute atomic E-state index is 11.1. The largest absolute Gasteiger partial charge is 0.381 e. The minimum atomic E-state index is -0.00449. The van der Waals surface area contributed by atoms with E-state index in [1.54, 1.807) is 12.3 Å². The molecule has 0 atom stereocenters. The van der Waals surface area contributed by atoms with Gasteiger partial charge in [-0.1, -0.05) is 25.1 Å². The van der Waals surface area contributed by atoms with Crippen LogP contribution in [0.3, 0.4) is 0 Å². The van der Waals surface area contributed by atoms with E-state index in [1.807, 2.05) is 6.07 Å². The molecule has 3 heteroatoms. The lowest BCUT2D eigenvalue weighted by atomic mass is 10.1. The first kappa shape index (κ1) is 13.3. The van der Waals surface area contributed by atoms with Gasteiger partial charge in [-0.05, 0) is 35.7 Å². The van der Waals surface area contributed by atoms with Crippen LogP contribution in [0.2, 0.25) is 0 Å². The van der Waals surface area contributed by atoms with E-state index in [2.05, 4.69) is 41.5 Å². The third-order valence-corrected chi connectivity index (χ3v) is 3.02. The number of pyridine rings is 1. The van der Waals surface area contributed by atoms with Crippen LogP contribution in [0.4, 0.5) is 5.69 Å². The van der Waals surface area contributed by atoms with Gasteiger partial charge in [0.05, 0.1) is 0 Å². The molecule has 0 aliphatic carbocycles. The maximum atomic E-state index is 11.1. The molecule has 2 aromatic rings. The molecule has 3 nitrogen and oxygen atoms in total. The van der Waals surface area contributed by atoms with Crippen molar-refractivity contribution in [1.82, 2.24) is 4.98 Å². The Balaban J connectivity index is 1.99. The van der Waals surface area contributed by atoms with Crippen molar-refractivity contribution in [2.24, 2.45) is 0 Å². The summed E-state index contributed by atoms with van der Waals surface area (Å²) in [7, 11) is 0. The molecule has 2 rings (SSSR count). The Morgan fingerprint density at radius 1 is 1.21 bits per heavy atom. The highest BCUT2D eigenvalue weighted by Gasteiger charge is 2.01. The molecule has 0 saturated heterocycles. The Hall–Kier alpha value is -2.16. The van der Waals surface area contributed by atoms with Crippen molar-refractivity contribution in [2.45, 2.75) is 26.8 Å². The number of Topliss-reactive ketones (excluding diaryl/α,β-unsaturated/α-hetero) is 1. The van der Waals surface area contributed by atoms with Gasteiger partial charge in [-0.3, -0.25) is 9.78 Å². The summed E-state index contributed by atoms with van der Waals surface area (Å²) in [4.78, 5) is 15.3. The number of aryl methyl sites for hydroxylation is 1. The molecule has 98 valence electrons. The Bertz CT molecular complexity index is 561. The van der Waals surface area contributed by atoms with Crippen molar-refractivity contribution in [3.63, 3.8) is 0 Å². The van der Waals surface area contributed by atoms with E-state index >= 15 is 0 Å². The first-order chi connectivity index (χ1) is 9.19. The molecule has 0 aliphatic rings. The van der Waals surface area contributed by atoms with Gasteiger partial charge in [0.25, 0.3) is 0 Å². The molecular formula is C16H18N2O. The molecule has 19 heavy (non-hydrogen) atoms. The monoisotopic (exact) mass is 254 g/mol. The van der Waals surface area contributed by atoms with E-state index < -0.39 is 0 Å². The van der Waals surface area contributed by atoms with Crippen molar-refractivity contribution in [3.05, 3.63) is 59.4 Å². The van der Waals surface area contributed by atoms with Gasteiger partial charge in [0, 0.05) is 25.4 Å². The van der Waals surface area contributed by atoms with E-state index in [1.165, 1.54) is 12.5 Å². The Morgan fingerprint density at radius 2 is 2.05 bits per heavy atom. The lowest BCUT2D eigenvalue weighted by Crippen LogP contribution is -2.02. The van der Waals surface area contributed by atoms with Crippen LogP contribution >= 0.6 is 0 Å². The van der Waals surface area contributed by atoms with Crippen LogP contribution in [0.25, 0.3) is 0 Å². The van der Waals surface area contributed by atoms with Gasteiger partial charge in [0.2, 0.25) is 0 Å². The molecule has 0 radical (unpaired) electrons. The molecule has 0 aliphatic heterocycles. The normalized spacial score (nSPS) is 10.2. The van der Waals surface area contributed by atoms with Crippen molar-refractivity contribution >= 4 is 11.5 Å². The topological polar surface area (TPSA) is 42.0 Å². The van der Waals surface area contributed by atoms with Crippen LogP contribution in [-0.2, 0) is 13.0 Å². The minimum absolute atomic E-state index is 0.00449. The molecule has 0 saturated carbocycles. The molecule has 0 spiro atoms. The number of nitrogens with zero attached hydrogens (tertiary/aromatic N) is 1. The summed E-state index contributed by atoms with van der Waals surface area (Å²) in [6.45, 7) is 4.37. The standard InChI is InChI=1S/C16H18N2O/c1-3-13-5-4-6-15(9-13)17-10-14-7-8-16(12(2)19)18-11-14/h4-9,11,17H,3,10H2,1-2H3. The number of anilines is 1. The molecule has 0 bridgehead atoms. The zero-order chi connectivity index (χ0) is 13.7. The number of carbonyl (C=O) groups excluding carboxylic acids is 1. The van der Waals surface area contributed by atoms with Crippen molar-refractivity contribution in [3.8, 4) is 0 Å². The summed E-state index contributed by atoms with van der Waals surface area (Å²) < 4.78 is 0. The highest BCUT2D eigenvalue weighted by atomic mass is 16.1. The molecule has 1 N–H and O–H groups in total. The number of carbonyl (C=O) groups is 1. The summed E-state index contributed by atoms with van der Waals surface area (Å²) in [5.41, 5.74) is 3.99. The van der Waals surface area contributed by atoms with Crippen LogP contribution in [0.5, 0.6) is 0 Å². The van der Waals surface area contributed by atoms with Crippen LogP contribution in [0, 0.1) is 0 Å². The van der Waals surface area contributed by atoms with Crippen LogP contribution in [0.15, 0.2) is 42.6 Å². The van der Waals surface area contributed by atoms with Gasteiger partial charge in [-0.25, -0.2) is 0 Å². The van der Waals surface area contributed by atoms with E-state index in [4.69, 9.17) is 0 Å². The molecule has 1 heterocycles. The van der Waals surface area contributed by atoms with Gasteiger partial charge in [0.15, 0.2) is 5.78 Å². The predicted molar refractivity (Wildman–Crippen MR) is 77.4 cm³/mol. The minimum Gasteiger partial charge on any atom is -0.381 e. The lowest BCUT2D eigenvalue weighted by Gasteiger charge is -2.08. The highest BCUT2D eigenvalue weighted by Crippen LogP contribution is 2.12. The average molecular weight is 254 g/mol. The van der Waals surface area contributed by atoms with Crippen molar-refractivity contribution in [1.29, 1.82) is 0 Å². The third-order valence-electron chi connectivity index (χ3n) is 3.02. The molecule has 0 fully saturated rings. The third kappa shape index (κ3) is 3.65. The zero-order valence-corrected chi connectivity index (χ0v) is 11.3. The van der Waals surface area contributed by atoms with Gasteiger partial charge in [-0.15, -0.1) is 0 Å². The van der Waals surface area contributed by atoms with E-state index in [0.717, 1.165) is 17.7 Å². The number of nitrogens with one attached hydrogen (secondary N) is 1. The van der Waals surface area contributed by atoms with Crippen LogP contribution < -0.4 is 5.32 Å². The average Bonchev–Trinajstić information content (AvgIpc) is 2.46. The lowest BCUT2D eigenvalue weighted by molar-refractivity contribution is 0.101. The quantitative estimate of drug-likeness (QED) is 0.831. The molecular weight excluding hydrogens is 236 g/mol. The van der Waals surface area contributed by atoms with E-state index in [0.29, 0.717) is 12.2 Å². The number of hydrogen-bond acceptors (Lipinski definition) is 3. The number of benzene rings is 1. The van der Waals surface area contributed by atoms with Crippen molar-refractivity contribution in [2.75, 3.05) is 5.32 Å². The summed E-state index contributed by atoms with van der Waals surface area (Å²) in [5, 5.41) is 3.36. The fourth-order valence-electron chi connectivity index (χ4n) is 1.84. The summed E-state index contributed by atoms with van der Waals surface area (Å²) in [6.07, 6.45) is 2.78. The molecule has 0 unspecified atom stereocenters. The smallest absolute Gasteiger partial charge is 0.178 e. The maximum Gasteiger partial charge on any atom is 0.178 e. The van der Waals surface area contributed by atoms with Gasteiger partial charge in [-0.2, -0.15) is 0 Å². The van der Waals surface area contributed by atoms with Gasteiger partial charge in [0.1, 0.15) is 5.69 Å². The molecule has 0 amide bonds. The van der Waals surface area contributed by atoms with Crippen molar-refractivity contribution < 1.29 is 4.79 Å². The second-order valence-electron chi connectivity index (χ2n) is 4.52. The van der Waals surface area contributed by atoms with Crippen LogP contribution in [-0.4, -0.2) is 10.8 Å². The SMILES string of the molecule is CCc1cccc(NCc2ccc(C(C)=O)nc2)c1. The Kier molecular flexibility index (Phi) is 4.29. The van der Waals surface area contributed by atoms with Crippen LogP contribution in [0.1, 0.15) is 35.5 Å². The summed E-state index contributed by atoms with van der Waals surface area (Å²) in [5.74, 6) is -0.00449. The van der Waals surface area contributed by atoms with Gasteiger partial charge < -0.3 is 5.32 Å². The molecule has 1 aromatic heterocycles. The van der Waals surface area contributed by atoms with E-state index in [-0.39, 0.29) is 5.78 Å².